The Bertz CT molecular complexity index is 1080. The van der Waals surface area contributed by atoms with Gasteiger partial charge in [-0.25, -0.2) is 4.98 Å². The number of carbonyl (C=O) groups is 3. The number of carboxylic acids is 1. The lowest BCUT2D eigenvalue weighted by atomic mass is 9.94. The Morgan fingerprint density at radius 3 is 2.36 bits per heavy atom. The summed E-state index contributed by atoms with van der Waals surface area (Å²) in [5.41, 5.74) is 1.76. The summed E-state index contributed by atoms with van der Waals surface area (Å²) in [7, 11) is 0. The molecule has 0 saturated carbocycles. The van der Waals surface area contributed by atoms with Crippen LogP contribution in [0.25, 0.3) is 10.6 Å². The number of aromatic nitrogens is 1. The molecule has 1 atom stereocenters. The van der Waals surface area contributed by atoms with Crippen molar-refractivity contribution in [2.45, 2.75) is 44.7 Å². The fourth-order valence-corrected chi connectivity index (χ4v) is 4.12. The van der Waals surface area contributed by atoms with Crippen molar-refractivity contribution < 1.29 is 19.5 Å². The van der Waals surface area contributed by atoms with Crippen LogP contribution in [-0.2, 0) is 16.0 Å². The molecular weight excluding hydrogens is 438 g/mol. The summed E-state index contributed by atoms with van der Waals surface area (Å²) in [5, 5.41) is 17.5. The van der Waals surface area contributed by atoms with Gasteiger partial charge in [-0.2, -0.15) is 0 Å². The lowest BCUT2D eigenvalue weighted by molar-refractivity contribution is -0.137. The quantitative estimate of drug-likeness (QED) is 0.421. The first kappa shape index (κ1) is 24.1. The van der Waals surface area contributed by atoms with Gasteiger partial charge in [0.15, 0.2) is 0 Å². The number of amides is 2. The van der Waals surface area contributed by atoms with E-state index in [2.05, 4.69) is 15.6 Å². The van der Waals surface area contributed by atoms with Gasteiger partial charge < -0.3 is 15.7 Å². The maximum absolute atomic E-state index is 13.0. The van der Waals surface area contributed by atoms with Crippen molar-refractivity contribution in [3.8, 4) is 10.6 Å². The molecule has 33 heavy (non-hydrogen) atoms. The van der Waals surface area contributed by atoms with Gasteiger partial charge in [-0.1, -0.05) is 42.5 Å². The molecule has 0 aliphatic rings. The number of rotatable bonds is 10. The van der Waals surface area contributed by atoms with Gasteiger partial charge in [0.1, 0.15) is 11.0 Å². The fourth-order valence-electron chi connectivity index (χ4n) is 3.48. The second kappa shape index (κ2) is 10.9. The first-order chi connectivity index (χ1) is 15.7. The monoisotopic (exact) mass is 465 g/mol. The molecule has 2 amide bonds. The molecule has 3 aromatic rings. The summed E-state index contributed by atoms with van der Waals surface area (Å²) in [6.45, 7) is 3.79. The molecule has 0 unspecified atom stereocenters. The highest BCUT2D eigenvalue weighted by Crippen LogP contribution is 2.22. The summed E-state index contributed by atoms with van der Waals surface area (Å²) in [6, 6.07) is 15.7. The van der Waals surface area contributed by atoms with Crippen molar-refractivity contribution in [2.75, 3.05) is 0 Å². The minimum absolute atomic E-state index is 0.00841. The molecule has 0 fully saturated rings. The van der Waals surface area contributed by atoms with Crippen molar-refractivity contribution in [3.05, 3.63) is 77.3 Å². The second-order valence-electron chi connectivity index (χ2n) is 8.41. The molecule has 0 aliphatic carbocycles. The number of carbonyl (C=O) groups excluding carboxylic acids is 2. The molecule has 2 aromatic carbocycles. The predicted octanol–water partition coefficient (Wildman–Crippen LogP) is 3.91. The number of aliphatic carboxylic acids is 1. The van der Waals surface area contributed by atoms with Crippen LogP contribution in [0.15, 0.2) is 66.2 Å². The zero-order chi connectivity index (χ0) is 23.8. The Balaban J connectivity index is 1.68. The molecule has 0 bridgehead atoms. The SMILES string of the molecule is CC(C)(Cc1ccccc1)NC(=O)[C@H](CCC(=O)O)NC(=O)c1ccc(-c2nccs2)cc1. The lowest BCUT2D eigenvalue weighted by Gasteiger charge is -2.29. The topological polar surface area (TPSA) is 108 Å². The van der Waals surface area contributed by atoms with E-state index in [9.17, 15) is 14.4 Å². The third-order valence-electron chi connectivity index (χ3n) is 5.05. The number of nitrogens with zero attached hydrogens (tertiary/aromatic N) is 1. The zero-order valence-electron chi connectivity index (χ0n) is 18.6. The second-order valence-corrected chi connectivity index (χ2v) is 9.30. The molecule has 3 N–H and O–H groups in total. The summed E-state index contributed by atoms with van der Waals surface area (Å²) in [5.74, 6) is -1.88. The Kier molecular flexibility index (Phi) is 7.95. The minimum Gasteiger partial charge on any atom is -0.481 e. The molecular formula is C25H27N3O4S. The van der Waals surface area contributed by atoms with E-state index in [1.54, 1.807) is 30.5 Å². The van der Waals surface area contributed by atoms with Crippen LogP contribution < -0.4 is 10.6 Å². The van der Waals surface area contributed by atoms with E-state index in [0.717, 1.165) is 16.1 Å². The average Bonchev–Trinajstić information content (AvgIpc) is 3.31. The third kappa shape index (κ3) is 7.25. The van der Waals surface area contributed by atoms with Gasteiger partial charge in [0.25, 0.3) is 5.91 Å². The summed E-state index contributed by atoms with van der Waals surface area (Å²) in [6.07, 6.45) is 2.06. The van der Waals surface area contributed by atoms with Crippen LogP contribution in [0.3, 0.4) is 0 Å². The smallest absolute Gasteiger partial charge is 0.303 e. The van der Waals surface area contributed by atoms with Crippen LogP contribution in [-0.4, -0.2) is 39.5 Å². The first-order valence-electron chi connectivity index (χ1n) is 10.6. The largest absolute Gasteiger partial charge is 0.481 e. The lowest BCUT2D eigenvalue weighted by Crippen LogP contribution is -2.54. The van der Waals surface area contributed by atoms with Crippen molar-refractivity contribution in [3.63, 3.8) is 0 Å². The van der Waals surface area contributed by atoms with Crippen molar-refractivity contribution in [1.29, 1.82) is 0 Å². The highest BCUT2D eigenvalue weighted by molar-refractivity contribution is 7.13. The van der Waals surface area contributed by atoms with Crippen LogP contribution >= 0.6 is 11.3 Å². The average molecular weight is 466 g/mol. The van der Waals surface area contributed by atoms with Crippen molar-refractivity contribution >= 4 is 29.1 Å². The van der Waals surface area contributed by atoms with Gasteiger partial charge in [0, 0.05) is 34.7 Å². The number of nitrogens with one attached hydrogen (secondary N) is 2. The number of thiazole rings is 1. The predicted molar refractivity (Wildman–Crippen MR) is 128 cm³/mol. The van der Waals surface area contributed by atoms with Crippen LogP contribution in [0.5, 0.6) is 0 Å². The zero-order valence-corrected chi connectivity index (χ0v) is 19.4. The maximum Gasteiger partial charge on any atom is 0.303 e. The van der Waals surface area contributed by atoms with Crippen LogP contribution in [0.2, 0.25) is 0 Å². The molecule has 1 heterocycles. The van der Waals surface area contributed by atoms with Gasteiger partial charge >= 0.3 is 5.97 Å². The van der Waals surface area contributed by atoms with Crippen molar-refractivity contribution in [1.82, 2.24) is 15.6 Å². The number of benzene rings is 2. The Labute approximate surface area is 196 Å². The maximum atomic E-state index is 13.0. The van der Waals surface area contributed by atoms with Crippen molar-refractivity contribution in [2.24, 2.45) is 0 Å². The Hall–Kier alpha value is -3.52. The fraction of sp³-hybridized carbons (Fsp3) is 0.280. The van der Waals surface area contributed by atoms with E-state index in [0.29, 0.717) is 12.0 Å². The molecule has 0 radical (unpaired) electrons. The van der Waals surface area contributed by atoms with Crippen LogP contribution in [0.4, 0.5) is 0 Å². The van der Waals surface area contributed by atoms with E-state index in [-0.39, 0.29) is 12.8 Å². The Morgan fingerprint density at radius 1 is 1.06 bits per heavy atom. The first-order valence-corrected chi connectivity index (χ1v) is 11.5. The van der Waals surface area contributed by atoms with Crippen LogP contribution in [0.1, 0.15) is 42.6 Å². The van der Waals surface area contributed by atoms with Gasteiger partial charge in [0.05, 0.1) is 0 Å². The van der Waals surface area contributed by atoms with E-state index in [4.69, 9.17) is 5.11 Å². The molecule has 8 heteroatoms. The molecule has 172 valence electrons. The molecule has 0 spiro atoms. The highest BCUT2D eigenvalue weighted by atomic mass is 32.1. The van der Waals surface area contributed by atoms with Gasteiger partial charge in [0.2, 0.25) is 5.91 Å². The molecule has 0 saturated heterocycles. The summed E-state index contributed by atoms with van der Waals surface area (Å²) < 4.78 is 0. The summed E-state index contributed by atoms with van der Waals surface area (Å²) >= 11 is 1.50. The minimum atomic E-state index is -1.03. The summed E-state index contributed by atoms with van der Waals surface area (Å²) in [4.78, 5) is 41.2. The molecule has 7 nitrogen and oxygen atoms in total. The number of carboxylic acid groups (broad SMARTS) is 1. The molecule has 1 aromatic heterocycles. The molecule has 3 rings (SSSR count). The number of hydrogen-bond donors (Lipinski definition) is 3. The highest BCUT2D eigenvalue weighted by Gasteiger charge is 2.28. The Morgan fingerprint density at radius 2 is 1.76 bits per heavy atom. The van der Waals surface area contributed by atoms with E-state index < -0.39 is 29.4 Å². The molecule has 0 aliphatic heterocycles. The standard InChI is InChI=1S/C25H27N3O4S/c1-25(2,16-17-6-4-3-5-7-17)28-23(32)20(12-13-21(29)30)27-22(31)18-8-10-19(11-9-18)24-26-14-15-33-24/h3-11,14-15,20H,12-13,16H2,1-2H3,(H,27,31)(H,28,32)(H,29,30)/t20-/m0/s1. The van der Waals surface area contributed by atoms with E-state index in [1.165, 1.54) is 11.3 Å². The third-order valence-corrected chi connectivity index (χ3v) is 5.87. The van der Waals surface area contributed by atoms with E-state index in [1.807, 2.05) is 49.6 Å². The van der Waals surface area contributed by atoms with Gasteiger partial charge in [-0.05, 0) is 44.4 Å². The van der Waals surface area contributed by atoms with Gasteiger partial charge in [-0.15, -0.1) is 11.3 Å². The normalized spacial score (nSPS) is 12.1. The number of hydrogen-bond acceptors (Lipinski definition) is 5. The van der Waals surface area contributed by atoms with Gasteiger partial charge in [-0.3, -0.25) is 14.4 Å². The van der Waals surface area contributed by atoms with E-state index >= 15 is 0 Å². The van der Waals surface area contributed by atoms with Crippen LogP contribution in [0, 0.1) is 0 Å².